The third-order valence-electron chi connectivity index (χ3n) is 3.43. The number of fused-ring (bicyclic) bond motifs is 1. The minimum absolute atomic E-state index is 0.153. The largest absolute Gasteiger partial charge is 0.448 e. The van der Waals surface area contributed by atoms with E-state index in [4.69, 9.17) is 4.42 Å². The molecule has 0 saturated heterocycles. The van der Waals surface area contributed by atoms with E-state index in [9.17, 15) is 9.59 Å². The predicted molar refractivity (Wildman–Crippen MR) is 92.9 cm³/mol. The SMILES string of the molecule is CCNC(=O)[C@H](C)NC(=O)c1ccc(-c2nc3ccccc3s2)o1. The molecule has 0 fully saturated rings. The van der Waals surface area contributed by atoms with Gasteiger partial charge in [0.25, 0.3) is 5.91 Å². The number of aromatic nitrogens is 1. The summed E-state index contributed by atoms with van der Waals surface area (Å²) in [6, 6.07) is 10.5. The van der Waals surface area contributed by atoms with Crippen molar-refractivity contribution in [3.05, 3.63) is 42.2 Å². The molecule has 1 atom stereocenters. The second-order valence-electron chi connectivity index (χ2n) is 5.24. The van der Waals surface area contributed by atoms with Crippen LogP contribution in [0.1, 0.15) is 24.4 Å². The van der Waals surface area contributed by atoms with Gasteiger partial charge in [-0.1, -0.05) is 12.1 Å². The predicted octanol–water partition coefficient (Wildman–Crippen LogP) is 2.81. The highest BCUT2D eigenvalue weighted by molar-refractivity contribution is 7.21. The van der Waals surface area contributed by atoms with Crippen LogP contribution in [0.5, 0.6) is 0 Å². The number of rotatable bonds is 5. The molecule has 2 amide bonds. The summed E-state index contributed by atoms with van der Waals surface area (Å²) in [5.74, 6) is 0.0253. The molecule has 0 aliphatic rings. The molecule has 24 heavy (non-hydrogen) atoms. The van der Waals surface area contributed by atoms with Crippen LogP contribution < -0.4 is 10.6 Å². The molecule has 0 saturated carbocycles. The van der Waals surface area contributed by atoms with E-state index in [1.807, 2.05) is 31.2 Å². The standard InChI is InChI=1S/C17H17N3O3S/c1-3-18-15(21)10(2)19-16(22)12-8-9-13(23-12)17-20-11-6-4-5-7-14(11)24-17/h4-10H,3H2,1-2H3,(H,18,21)(H,19,22)/t10-/m0/s1. The molecule has 0 radical (unpaired) electrons. The number of para-hydroxylation sites is 1. The number of carbonyl (C=O) groups is 2. The van der Waals surface area contributed by atoms with Crippen LogP contribution in [0.15, 0.2) is 40.8 Å². The number of benzene rings is 1. The molecule has 3 rings (SSSR count). The van der Waals surface area contributed by atoms with E-state index in [-0.39, 0.29) is 11.7 Å². The number of hydrogen-bond acceptors (Lipinski definition) is 5. The zero-order valence-electron chi connectivity index (χ0n) is 13.3. The van der Waals surface area contributed by atoms with Gasteiger partial charge in [-0.15, -0.1) is 11.3 Å². The summed E-state index contributed by atoms with van der Waals surface area (Å²) in [4.78, 5) is 28.3. The van der Waals surface area contributed by atoms with E-state index in [1.54, 1.807) is 19.1 Å². The fourth-order valence-electron chi connectivity index (χ4n) is 2.21. The Bertz CT molecular complexity index is 851. The van der Waals surface area contributed by atoms with Crippen molar-refractivity contribution in [3.63, 3.8) is 0 Å². The summed E-state index contributed by atoms with van der Waals surface area (Å²) < 4.78 is 6.66. The van der Waals surface area contributed by atoms with Crippen molar-refractivity contribution in [2.45, 2.75) is 19.9 Å². The van der Waals surface area contributed by atoms with Gasteiger partial charge in [0.2, 0.25) is 5.91 Å². The zero-order valence-corrected chi connectivity index (χ0v) is 14.1. The van der Waals surface area contributed by atoms with Gasteiger partial charge in [-0.3, -0.25) is 9.59 Å². The first-order chi connectivity index (χ1) is 11.6. The van der Waals surface area contributed by atoms with E-state index in [0.717, 1.165) is 10.2 Å². The fourth-order valence-corrected chi connectivity index (χ4v) is 3.14. The van der Waals surface area contributed by atoms with Crippen molar-refractivity contribution in [2.24, 2.45) is 0 Å². The molecule has 2 aromatic heterocycles. The summed E-state index contributed by atoms with van der Waals surface area (Å²) in [5, 5.41) is 5.98. The van der Waals surface area contributed by atoms with E-state index >= 15 is 0 Å². The molecule has 2 N–H and O–H groups in total. The first-order valence-corrected chi connectivity index (χ1v) is 8.44. The maximum absolute atomic E-state index is 12.2. The topological polar surface area (TPSA) is 84.2 Å². The minimum Gasteiger partial charge on any atom is -0.448 e. The monoisotopic (exact) mass is 343 g/mol. The van der Waals surface area contributed by atoms with Crippen molar-refractivity contribution in [1.29, 1.82) is 0 Å². The Hall–Kier alpha value is -2.67. The first-order valence-electron chi connectivity index (χ1n) is 7.63. The Balaban J connectivity index is 1.75. The number of furan rings is 1. The number of amides is 2. The Morgan fingerprint density at radius 3 is 2.79 bits per heavy atom. The molecule has 0 unspecified atom stereocenters. The van der Waals surface area contributed by atoms with Crippen LogP contribution in [0.2, 0.25) is 0 Å². The number of hydrogen-bond donors (Lipinski definition) is 2. The van der Waals surface area contributed by atoms with Gasteiger partial charge in [-0.2, -0.15) is 0 Å². The van der Waals surface area contributed by atoms with Gasteiger partial charge in [0, 0.05) is 6.54 Å². The maximum atomic E-state index is 12.2. The second-order valence-corrected chi connectivity index (χ2v) is 6.27. The lowest BCUT2D eigenvalue weighted by molar-refractivity contribution is -0.122. The van der Waals surface area contributed by atoms with Crippen LogP contribution in [0, 0.1) is 0 Å². The average molecular weight is 343 g/mol. The lowest BCUT2D eigenvalue weighted by atomic mass is 10.3. The molecule has 7 heteroatoms. The summed E-state index contributed by atoms with van der Waals surface area (Å²) in [5.41, 5.74) is 0.893. The smallest absolute Gasteiger partial charge is 0.287 e. The Morgan fingerprint density at radius 1 is 1.25 bits per heavy atom. The van der Waals surface area contributed by atoms with E-state index in [2.05, 4.69) is 15.6 Å². The second kappa shape index (κ2) is 6.84. The van der Waals surface area contributed by atoms with Gasteiger partial charge in [0.15, 0.2) is 16.5 Å². The molecule has 0 aliphatic carbocycles. The highest BCUT2D eigenvalue weighted by Gasteiger charge is 2.19. The third kappa shape index (κ3) is 3.30. The molecule has 0 bridgehead atoms. The number of nitrogens with one attached hydrogen (secondary N) is 2. The van der Waals surface area contributed by atoms with E-state index in [0.29, 0.717) is 17.3 Å². The molecule has 2 heterocycles. The van der Waals surface area contributed by atoms with Gasteiger partial charge in [0.05, 0.1) is 10.2 Å². The molecule has 1 aromatic carbocycles. The summed E-state index contributed by atoms with van der Waals surface area (Å²) in [6.07, 6.45) is 0. The summed E-state index contributed by atoms with van der Waals surface area (Å²) >= 11 is 1.50. The minimum atomic E-state index is -0.631. The van der Waals surface area contributed by atoms with Gasteiger partial charge < -0.3 is 15.1 Å². The molecule has 6 nitrogen and oxygen atoms in total. The Kier molecular flexibility index (Phi) is 4.61. The van der Waals surface area contributed by atoms with Gasteiger partial charge >= 0.3 is 0 Å². The van der Waals surface area contributed by atoms with Crippen molar-refractivity contribution < 1.29 is 14.0 Å². The number of likely N-dealkylation sites (N-methyl/N-ethyl adjacent to an activating group) is 1. The summed E-state index contributed by atoms with van der Waals surface area (Å²) in [7, 11) is 0. The van der Waals surface area contributed by atoms with Crippen molar-refractivity contribution in [1.82, 2.24) is 15.6 Å². The average Bonchev–Trinajstić information content (AvgIpc) is 3.21. The molecule has 124 valence electrons. The quantitative estimate of drug-likeness (QED) is 0.746. The van der Waals surface area contributed by atoms with E-state index < -0.39 is 11.9 Å². The van der Waals surface area contributed by atoms with Gasteiger partial charge in [-0.25, -0.2) is 4.98 Å². The lowest BCUT2D eigenvalue weighted by Crippen LogP contribution is -2.44. The van der Waals surface area contributed by atoms with Gasteiger partial charge in [0.1, 0.15) is 6.04 Å². The first kappa shape index (κ1) is 16.2. The Labute approximate surface area is 142 Å². The normalized spacial score (nSPS) is 12.1. The number of carbonyl (C=O) groups excluding carboxylic acids is 2. The maximum Gasteiger partial charge on any atom is 0.287 e. The number of thiazole rings is 1. The van der Waals surface area contributed by atoms with Gasteiger partial charge in [-0.05, 0) is 38.1 Å². The van der Waals surface area contributed by atoms with Crippen molar-refractivity contribution >= 4 is 33.4 Å². The molecule has 0 spiro atoms. The fraction of sp³-hybridized carbons (Fsp3) is 0.235. The van der Waals surface area contributed by atoms with Crippen LogP contribution in [-0.2, 0) is 4.79 Å². The van der Waals surface area contributed by atoms with Crippen LogP contribution >= 0.6 is 11.3 Å². The molecular formula is C17H17N3O3S. The molecule has 3 aromatic rings. The van der Waals surface area contributed by atoms with Crippen molar-refractivity contribution in [2.75, 3.05) is 6.54 Å². The molecular weight excluding hydrogens is 326 g/mol. The van der Waals surface area contributed by atoms with Crippen LogP contribution in [-0.4, -0.2) is 29.4 Å². The zero-order chi connectivity index (χ0) is 17.1. The third-order valence-corrected chi connectivity index (χ3v) is 4.48. The van der Waals surface area contributed by atoms with Crippen LogP contribution in [0.25, 0.3) is 21.0 Å². The number of nitrogens with zero attached hydrogens (tertiary/aromatic N) is 1. The highest BCUT2D eigenvalue weighted by Crippen LogP contribution is 2.31. The van der Waals surface area contributed by atoms with E-state index in [1.165, 1.54) is 11.3 Å². The lowest BCUT2D eigenvalue weighted by Gasteiger charge is -2.11. The molecule has 0 aliphatic heterocycles. The summed E-state index contributed by atoms with van der Waals surface area (Å²) in [6.45, 7) is 3.96. The Morgan fingerprint density at radius 2 is 2.04 bits per heavy atom. The van der Waals surface area contributed by atoms with Crippen LogP contribution in [0.4, 0.5) is 0 Å². The highest BCUT2D eigenvalue weighted by atomic mass is 32.1. The van der Waals surface area contributed by atoms with Crippen LogP contribution in [0.3, 0.4) is 0 Å². The van der Waals surface area contributed by atoms with Crippen molar-refractivity contribution in [3.8, 4) is 10.8 Å².